The molecule has 0 saturated heterocycles. The molecule has 0 amide bonds. The maximum Gasteiger partial charge on any atom is 0.164 e. The Morgan fingerprint density at radius 1 is 0.451 bits per heavy atom. The van der Waals surface area contributed by atoms with Crippen molar-refractivity contribution >= 4 is 53.3 Å². The molecule has 4 nitrogen and oxygen atoms in total. The molecule has 0 radical (unpaired) electrons. The Kier molecular flexibility index (Phi) is 6.82. The van der Waals surface area contributed by atoms with Gasteiger partial charge in [-0.15, -0.1) is 11.3 Å². The molecule has 6 heteroatoms. The Bertz CT molecular complexity index is 2870. The molecule has 0 bridgehead atoms. The van der Waals surface area contributed by atoms with Gasteiger partial charge in [-0.05, 0) is 47.5 Å². The first kappa shape index (κ1) is 29.4. The van der Waals surface area contributed by atoms with Gasteiger partial charge in [-0.1, -0.05) is 121 Å². The van der Waals surface area contributed by atoms with E-state index in [2.05, 4.69) is 59.6 Å². The van der Waals surface area contributed by atoms with Crippen molar-refractivity contribution in [2.24, 2.45) is 0 Å². The molecule has 0 aliphatic rings. The van der Waals surface area contributed by atoms with Gasteiger partial charge in [0.2, 0.25) is 0 Å². The Morgan fingerprint density at radius 3 is 1.78 bits per heavy atom. The highest BCUT2D eigenvalue weighted by Crippen LogP contribution is 2.46. The van der Waals surface area contributed by atoms with E-state index >= 15 is 4.39 Å². The fourth-order valence-corrected chi connectivity index (χ4v) is 8.34. The lowest BCUT2D eigenvalue weighted by Crippen LogP contribution is -2.00. The molecule has 10 aromatic rings. The molecule has 0 spiro atoms. The molecule has 1 N–H and O–H groups in total. The van der Waals surface area contributed by atoms with Crippen LogP contribution < -0.4 is 0 Å². The summed E-state index contributed by atoms with van der Waals surface area (Å²) in [7, 11) is 0. The third-order valence-corrected chi connectivity index (χ3v) is 10.7. The largest absolute Gasteiger partial charge is 0.354 e. The fraction of sp³-hybridized carbons (Fsp3) is 0. The van der Waals surface area contributed by atoms with Crippen molar-refractivity contribution in [3.05, 3.63) is 164 Å². The summed E-state index contributed by atoms with van der Waals surface area (Å²) in [5.41, 5.74) is 7.86. The topological polar surface area (TPSA) is 54.5 Å². The van der Waals surface area contributed by atoms with Gasteiger partial charge >= 0.3 is 0 Å². The predicted octanol–water partition coefficient (Wildman–Crippen LogP) is 12.3. The van der Waals surface area contributed by atoms with Crippen LogP contribution in [0.3, 0.4) is 0 Å². The van der Waals surface area contributed by atoms with E-state index in [4.69, 9.17) is 15.0 Å². The quantitative estimate of drug-likeness (QED) is 0.198. The van der Waals surface area contributed by atoms with E-state index in [-0.39, 0.29) is 5.82 Å². The first-order valence-electron chi connectivity index (χ1n) is 16.8. The summed E-state index contributed by atoms with van der Waals surface area (Å²) in [5.74, 6) is 1.51. The van der Waals surface area contributed by atoms with Gasteiger partial charge in [0, 0.05) is 64.3 Å². The summed E-state index contributed by atoms with van der Waals surface area (Å²) in [6.07, 6.45) is 0. The first-order chi connectivity index (χ1) is 25.2. The molecule has 0 aliphatic heterocycles. The number of nitrogens with zero attached hydrogens (tertiary/aromatic N) is 3. The van der Waals surface area contributed by atoms with Crippen molar-refractivity contribution in [3.8, 4) is 56.4 Å². The number of para-hydroxylation sites is 1. The number of hydrogen-bond acceptors (Lipinski definition) is 4. The lowest BCUT2D eigenvalue weighted by molar-refractivity contribution is 0.631. The molecule has 3 heterocycles. The Morgan fingerprint density at radius 2 is 1.04 bits per heavy atom. The van der Waals surface area contributed by atoms with E-state index in [9.17, 15) is 0 Å². The number of halogens is 1. The van der Waals surface area contributed by atoms with Gasteiger partial charge in [-0.2, -0.15) is 0 Å². The number of rotatable bonds is 5. The average molecular weight is 675 g/mol. The molecule has 51 heavy (non-hydrogen) atoms. The maximum atomic E-state index is 16.1. The molecule has 0 fully saturated rings. The number of aromatic nitrogens is 4. The molecule has 0 unspecified atom stereocenters. The SMILES string of the molecule is Fc1ccc(-c2cccc(-c3nc(-c4ccccc4)nc(-c4ccccc4)n3)c2)cc1-c1cc2c3ccccc3sc2c2c1[nH]c1ccccc12. The second kappa shape index (κ2) is 11.8. The Hall–Kier alpha value is -6.50. The molecule has 10 rings (SSSR count). The number of benzene rings is 7. The van der Waals surface area contributed by atoms with E-state index in [1.165, 1.54) is 14.8 Å². The van der Waals surface area contributed by atoms with Crippen molar-refractivity contribution in [3.63, 3.8) is 0 Å². The van der Waals surface area contributed by atoms with Gasteiger partial charge < -0.3 is 4.98 Å². The Labute approximate surface area is 296 Å². The van der Waals surface area contributed by atoms with Gasteiger partial charge in [0.25, 0.3) is 0 Å². The molecule has 240 valence electrons. The van der Waals surface area contributed by atoms with Crippen LogP contribution in [0.1, 0.15) is 0 Å². The van der Waals surface area contributed by atoms with E-state index in [0.29, 0.717) is 23.0 Å². The highest BCUT2D eigenvalue weighted by molar-refractivity contribution is 7.26. The van der Waals surface area contributed by atoms with Crippen LogP contribution in [-0.4, -0.2) is 19.9 Å². The van der Waals surface area contributed by atoms with Crippen LogP contribution in [0.15, 0.2) is 158 Å². The van der Waals surface area contributed by atoms with Crippen LogP contribution in [0.4, 0.5) is 4.39 Å². The molecule has 0 aliphatic carbocycles. The van der Waals surface area contributed by atoms with Crippen LogP contribution >= 0.6 is 11.3 Å². The van der Waals surface area contributed by atoms with Crippen molar-refractivity contribution in [2.75, 3.05) is 0 Å². The van der Waals surface area contributed by atoms with Crippen molar-refractivity contribution in [2.45, 2.75) is 0 Å². The third kappa shape index (κ3) is 4.99. The number of nitrogens with one attached hydrogen (secondary N) is 1. The molecule has 0 atom stereocenters. The standard InChI is InChI=1S/C45H27FN4S/c46-37-23-22-30(25-34(37)35-26-36-32-18-8-10-21-39(32)51-42(36)40-33-19-7-9-20-38(33)47-41(35)40)29-16-11-17-31(24-29)45-49-43(27-12-3-1-4-13-27)48-44(50-45)28-14-5-2-6-15-28/h1-26,47H. The maximum absolute atomic E-state index is 16.1. The number of thiophene rings is 1. The van der Waals surface area contributed by atoms with Gasteiger partial charge in [0.1, 0.15) is 5.82 Å². The summed E-state index contributed by atoms with van der Waals surface area (Å²) in [6, 6.07) is 52.4. The second-order valence-corrected chi connectivity index (χ2v) is 13.7. The summed E-state index contributed by atoms with van der Waals surface area (Å²) < 4.78 is 18.5. The number of hydrogen-bond donors (Lipinski definition) is 1. The third-order valence-electron chi connectivity index (χ3n) is 9.54. The predicted molar refractivity (Wildman–Crippen MR) is 209 cm³/mol. The van der Waals surface area contributed by atoms with Gasteiger partial charge in [0.05, 0.1) is 5.52 Å². The van der Waals surface area contributed by atoms with Crippen LogP contribution in [0.25, 0.3) is 98.4 Å². The van der Waals surface area contributed by atoms with Crippen molar-refractivity contribution < 1.29 is 4.39 Å². The lowest BCUT2D eigenvalue weighted by atomic mass is 9.94. The van der Waals surface area contributed by atoms with Crippen LogP contribution in [0, 0.1) is 5.82 Å². The first-order valence-corrected chi connectivity index (χ1v) is 17.6. The lowest BCUT2D eigenvalue weighted by Gasteiger charge is -2.12. The van der Waals surface area contributed by atoms with E-state index in [1.807, 2.05) is 97.1 Å². The monoisotopic (exact) mass is 674 g/mol. The Balaban J connectivity index is 1.14. The number of H-pyrrole nitrogens is 1. The average Bonchev–Trinajstić information content (AvgIpc) is 3.77. The zero-order valence-electron chi connectivity index (χ0n) is 27.1. The normalized spacial score (nSPS) is 11.6. The van der Waals surface area contributed by atoms with Gasteiger partial charge in [-0.3, -0.25) is 0 Å². The second-order valence-electron chi connectivity index (χ2n) is 12.6. The highest BCUT2D eigenvalue weighted by atomic mass is 32.1. The smallest absolute Gasteiger partial charge is 0.164 e. The zero-order chi connectivity index (χ0) is 33.9. The minimum Gasteiger partial charge on any atom is -0.354 e. The fourth-order valence-electron chi connectivity index (χ4n) is 7.09. The van der Waals surface area contributed by atoms with E-state index in [0.717, 1.165) is 60.6 Å². The van der Waals surface area contributed by atoms with Crippen molar-refractivity contribution in [1.29, 1.82) is 0 Å². The highest BCUT2D eigenvalue weighted by Gasteiger charge is 2.20. The van der Waals surface area contributed by atoms with Crippen molar-refractivity contribution in [1.82, 2.24) is 19.9 Å². The van der Waals surface area contributed by atoms with Crippen LogP contribution in [0.2, 0.25) is 0 Å². The van der Waals surface area contributed by atoms with E-state index in [1.54, 1.807) is 17.4 Å². The minimum absolute atomic E-state index is 0.272. The molecule has 0 saturated carbocycles. The molecular weight excluding hydrogens is 648 g/mol. The molecule has 3 aromatic heterocycles. The molecule has 7 aromatic carbocycles. The summed E-state index contributed by atoms with van der Waals surface area (Å²) in [6.45, 7) is 0. The van der Waals surface area contributed by atoms with Crippen LogP contribution in [0.5, 0.6) is 0 Å². The number of fused-ring (bicyclic) bond motifs is 7. The summed E-state index contributed by atoms with van der Waals surface area (Å²) in [5, 5.41) is 4.58. The van der Waals surface area contributed by atoms with Gasteiger partial charge in [0.15, 0.2) is 17.5 Å². The van der Waals surface area contributed by atoms with Crippen LogP contribution in [-0.2, 0) is 0 Å². The van der Waals surface area contributed by atoms with E-state index < -0.39 is 0 Å². The molecular formula is C45H27FN4S. The number of aromatic amines is 1. The summed E-state index contributed by atoms with van der Waals surface area (Å²) >= 11 is 1.79. The zero-order valence-corrected chi connectivity index (χ0v) is 28.0. The summed E-state index contributed by atoms with van der Waals surface area (Å²) in [4.78, 5) is 18.4. The van der Waals surface area contributed by atoms with Gasteiger partial charge in [-0.25, -0.2) is 19.3 Å². The minimum atomic E-state index is -0.272.